The average Bonchev–Trinajstić information content (AvgIpc) is 3.50. The number of hydrogen-bond acceptors (Lipinski definition) is 6. The summed E-state index contributed by atoms with van der Waals surface area (Å²) in [5.74, 6) is -0.553. The molecule has 0 saturated carbocycles. The highest BCUT2D eigenvalue weighted by atomic mass is 35.5. The Labute approximate surface area is 203 Å². The van der Waals surface area contributed by atoms with Crippen molar-refractivity contribution < 1.29 is 9.53 Å². The fraction of sp³-hybridized carbons (Fsp3) is 0.0400. The maximum Gasteiger partial charge on any atom is 0.331 e. The van der Waals surface area contributed by atoms with E-state index >= 15 is 0 Å². The van der Waals surface area contributed by atoms with E-state index in [4.69, 9.17) is 21.4 Å². The largest absolute Gasteiger partial charge is 0.456 e. The van der Waals surface area contributed by atoms with Gasteiger partial charge in [-0.3, -0.25) is 9.20 Å². The van der Waals surface area contributed by atoms with Gasteiger partial charge in [0.1, 0.15) is 6.61 Å². The first-order valence-corrected chi connectivity index (χ1v) is 11.5. The van der Waals surface area contributed by atoms with Crippen molar-refractivity contribution in [3.05, 3.63) is 111 Å². The SMILES string of the molecule is O=C(/C=C/c1cn(-c2ccccc2)nc1-c1ccc(Cl)cc1)OCc1cc(=O)n2ccsc2n1. The van der Waals surface area contributed by atoms with E-state index in [0.717, 1.165) is 16.8 Å². The van der Waals surface area contributed by atoms with Gasteiger partial charge in [0.05, 0.1) is 17.1 Å². The lowest BCUT2D eigenvalue weighted by atomic mass is 10.1. The summed E-state index contributed by atoms with van der Waals surface area (Å²) in [6, 6.07) is 18.4. The second-order valence-electron chi connectivity index (χ2n) is 7.30. The molecule has 0 bridgehead atoms. The number of esters is 1. The molecular weight excluding hydrogens is 472 g/mol. The molecule has 0 amide bonds. The third-order valence-corrected chi connectivity index (χ3v) is 6.01. The number of benzene rings is 2. The molecule has 5 aromatic rings. The fourth-order valence-corrected chi connectivity index (χ4v) is 4.23. The second kappa shape index (κ2) is 9.46. The first-order valence-electron chi connectivity index (χ1n) is 10.3. The van der Waals surface area contributed by atoms with Crippen LogP contribution in [-0.4, -0.2) is 25.1 Å². The van der Waals surface area contributed by atoms with Gasteiger partial charge in [0.15, 0.2) is 4.96 Å². The predicted octanol–water partition coefficient (Wildman–Crippen LogP) is 5.02. The third kappa shape index (κ3) is 4.68. The number of fused-ring (bicyclic) bond motifs is 1. The molecule has 3 aromatic heterocycles. The number of halogens is 1. The van der Waals surface area contributed by atoms with Crippen LogP contribution in [0.1, 0.15) is 11.3 Å². The lowest BCUT2D eigenvalue weighted by molar-refractivity contribution is -0.139. The van der Waals surface area contributed by atoms with E-state index in [-0.39, 0.29) is 12.2 Å². The summed E-state index contributed by atoms with van der Waals surface area (Å²) >= 11 is 7.38. The lowest BCUT2D eigenvalue weighted by Crippen LogP contribution is -2.14. The summed E-state index contributed by atoms with van der Waals surface area (Å²) in [5, 5.41) is 7.11. The van der Waals surface area contributed by atoms with E-state index in [1.54, 1.807) is 34.5 Å². The number of aromatic nitrogens is 4. The van der Waals surface area contributed by atoms with Crippen molar-refractivity contribution in [1.82, 2.24) is 19.2 Å². The van der Waals surface area contributed by atoms with Crippen LogP contribution in [0.15, 0.2) is 89.3 Å². The van der Waals surface area contributed by atoms with Crippen LogP contribution in [0.25, 0.3) is 28.0 Å². The molecule has 0 unspecified atom stereocenters. The Kier molecular flexibility index (Phi) is 6.07. The van der Waals surface area contributed by atoms with Gasteiger partial charge in [-0.1, -0.05) is 41.9 Å². The monoisotopic (exact) mass is 488 g/mol. The molecule has 0 atom stereocenters. The highest BCUT2D eigenvalue weighted by molar-refractivity contribution is 7.15. The van der Waals surface area contributed by atoms with Crippen LogP contribution in [0.3, 0.4) is 0 Å². The topological polar surface area (TPSA) is 78.5 Å². The highest BCUT2D eigenvalue weighted by Crippen LogP contribution is 2.26. The quantitative estimate of drug-likeness (QED) is 0.248. The molecule has 34 heavy (non-hydrogen) atoms. The number of carbonyl (C=O) groups excluding carboxylic acids is 1. The number of nitrogens with zero attached hydrogens (tertiary/aromatic N) is 4. The van der Waals surface area contributed by atoms with Crippen molar-refractivity contribution in [2.24, 2.45) is 0 Å². The smallest absolute Gasteiger partial charge is 0.331 e. The molecule has 5 rings (SSSR count). The van der Waals surface area contributed by atoms with Crippen LogP contribution in [0, 0.1) is 0 Å². The zero-order valence-electron chi connectivity index (χ0n) is 17.7. The van der Waals surface area contributed by atoms with Crippen molar-refractivity contribution in [3.63, 3.8) is 0 Å². The molecule has 0 fully saturated rings. The molecule has 168 valence electrons. The van der Waals surface area contributed by atoms with Crippen LogP contribution in [0.4, 0.5) is 0 Å². The zero-order valence-corrected chi connectivity index (χ0v) is 19.2. The summed E-state index contributed by atoms with van der Waals surface area (Å²) in [4.78, 5) is 29.4. The van der Waals surface area contributed by atoms with Gasteiger partial charge in [0.2, 0.25) is 0 Å². The fourth-order valence-electron chi connectivity index (χ4n) is 3.37. The van der Waals surface area contributed by atoms with Crippen molar-refractivity contribution >= 4 is 39.9 Å². The van der Waals surface area contributed by atoms with Gasteiger partial charge in [0, 0.05) is 46.1 Å². The molecular formula is C25H17ClN4O3S. The van der Waals surface area contributed by atoms with E-state index in [0.29, 0.717) is 21.4 Å². The van der Waals surface area contributed by atoms with E-state index in [2.05, 4.69) is 4.98 Å². The predicted molar refractivity (Wildman–Crippen MR) is 132 cm³/mol. The van der Waals surface area contributed by atoms with Crippen LogP contribution >= 0.6 is 22.9 Å². The van der Waals surface area contributed by atoms with Gasteiger partial charge in [-0.2, -0.15) is 5.10 Å². The van der Waals surface area contributed by atoms with Crippen LogP contribution < -0.4 is 5.56 Å². The molecule has 0 N–H and O–H groups in total. The second-order valence-corrected chi connectivity index (χ2v) is 8.61. The molecule has 0 aliphatic carbocycles. The van der Waals surface area contributed by atoms with Crippen LogP contribution in [0.5, 0.6) is 0 Å². The molecule has 7 nitrogen and oxygen atoms in total. The Morgan fingerprint density at radius 2 is 1.91 bits per heavy atom. The minimum absolute atomic E-state index is 0.0971. The van der Waals surface area contributed by atoms with Gasteiger partial charge < -0.3 is 4.74 Å². The first-order chi connectivity index (χ1) is 16.6. The van der Waals surface area contributed by atoms with Crippen molar-refractivity contribution in [2.75, 3.05) is 0 Å². The number of thiazole rings is 1. The molecule has 3 heterocycles. The summed E-state index contributed by atoms with van der Waals surface area (Å²) < 4.78 is 8.50. The maximum atomic E-state index is 12.4. The van der Waals surface area contributed by atoms with E-state index in [1.807, 2.05) is 48.7 Å². The van der Waals surface area contributed by atoms with Crippen molar-refractivity contribution in [2.45, 2.75) is 6.61 Å². The summed E-state index contributed by atoms with van der Waals surface area (Å²) in [7, 11) is 0. The Morgan fingerprint density at radius 3 is 2.71 bits per heavy atom. The third-order valence-electron chi connectivity index (χ3n) is 5.00. The van der Waals surface area contributed by atoms with Crippen molar-refractivity contribution in [3.8, 4) is 16.9 Å². The normalized spacial score (nSPS) is 11.3. The molecule has 9 heteroatoms. The molecule has 0 aliphatic heterocycles. The highest BCUT2D eigenvalue weighted by Gasteiger charge is 2.12. The van der Waals surface area contributed by atoms with Gasteiger partial charge in [0.25, 0.3) is 5.56 Å². The van der Waals surface area contributed by atoms with Gasteiger partial charge >= 0.3 is 5.97 Å². The van der Waals surface area contributed by atoms with Gasteiger partial charge in [-0.05, 0) is 30.3 Å². The number of hydrogen-bond donors (Lipinski definition) is 0. The number of rotatable bonds is 6. The summed E-state index contributed by atoms with van der Waals surface area (Å²) in [6.07, 6.45) is 6.49. The zero-order chi connectivity index (χ0) is 23.5. The number of ether oxygens (including phenoxy) is 1. The lowest BCUT2D eigenvalue weighted by Gasteiger charge is -2.02. The van der Waals surface area contributed by atoms with Crippen LogP contribution in [0.2, 0.25) is 5.02 Å². The van der Waals surface area contributed by atoms with E-state index in [1.165, 1.54) is 27.9 Å². The minimum Gasteiger partial charge on any atom is -0.456 e. The first kappa shape index (κ1) is 21.8. The van der Waals surface area contributed by atoms with Crippen molar-refractivity contribution in [1.29, 1.82) is 0 Å². The summed E-state index contributed by atoms with van der Waals surface area (Å²) in [6.45, 7) is -0.0971. The Morgan fingerprint density at radius 1 is 1.12 bits per heavy atom. The molecule has 0 spiro atoms. The van der Waals surface area contributed by atoms with E-state index in [9.17, 15) is 9.59 Å². The van der Waals surface area contributed by atoms with Crippen LogP contribution in [-0.2, 0) is 16.1 Å². The molecule has 0 saturated heterocycles. The molecule has 0 radical (unpaired) electrons. The minimum atomic E-state index is -0.553. The Balaban J connectivity index is 1.38. The summed E-state index contributed by atoms with van der Waals surface area (Å²) in [5.41, 5.74) is 3.37. The number of carbonyl (C=O) groups is 1. The standard InChI is InChI=1S/C25H17ClN4O3S/c26-19-9-6-17(7-10-19)24-18(15-30(28-24)21-4-2-1-3-5-21)8-11-23(32)33-16-20-14-22(31)29-12-13-34-25(29)27-20/h1-15H,16H2/b11-8+. The Bertz CT molecular complexity index is 1550. The molecule has 0 aliphatic rings. The van der Waals surface area contributed by atoms with E-state index < -0.39 is 5.97 Å². The average molecular weight is 489 g/mol. The molecule has 2 aromatic carbocycles. The Hall–Kier alpha value is -4.01. The van der Waals surface area contributed by atoms with Gasteiger partial charge in [-0.25, -0.2) is 14.5 Å². The van der Waals surface area contributed by atoms with Gasteiger partial charge in [-0.15, -0.1) is 11.3 Å². The number of para-hydroxylation sites is 1. The maximum absolute atomic E-state index is 12.4.